The second-order valence-corrected chi connectivity index (χ2v) is 5.55. The van der Waals surface area contributed by atoms with Crippen molar-refractivity contribution in [2.24, 2.45) is 5.92 Å². The number of nitrogens with zero attached hydrogens (tertiary/aromatic N) is 3. The summed E-state index contributed by atoms with van der Waals surface area (Å²) >= 11 is 3.38. The van der Waals surface area contributed by atoms with Gasteiger partial charge >= 0.3 is 0 Å². The lowest BCUT2D eigenvalue weighted by Gasteiger charge is -2.06. The zero-order valence-electron chi connectivity index (χ0n) is 9.97. The molecule has 1 saturated carbocycles. The van der Waals surface area contributed by atoms with E-state index >= 15 is 0 Å². The van der Waals surface area contributed by atoms with Gasteiger partial charge in [-0.05, 0) is 40.8 Å². The van der Waals surface area contributed by atoms with Crippen LogP contribution in [0.3, 0.4) is 0 Å². The van der Waals surface area contributed by atoms with Gasteiger partial charge in [-0.1, -0.05) is 0 Å². The van der Waals surface area contributed by atoms with E-state index in [0.29, 0.717) is 19.1 Å². The first kappa shape index (κ1) is 11.9. The molecule has 6 heteroatoms. The molecule has 2 aromatic heterocycles. The van der Waals surface area contributed by atoms with E-state index in [0.717, 1.165) is 28.2 Å². The van der Waals surface area contributed by atoms with Crippen molar-refractivity contribution in [1.82, 2.24) is 14.5 Å². The minimum Gasteiger partial charge on any atom is -0.379 e. The van der Waals surface area contributed by atoms with Gasteiger partial charge in [0.1, 0.15) is 5.52 Å². The summed E-state index contributed by atoms with van der Waals surface area (Å²) in [5.41, 5.74) is 7.52. The number of aromatic nitrogens is 3. The molecule has 3 rings (SSSR count). The summed E-state index contributed by atoms with van der Waals surface area (Å²) in [5.74, 6) is 1.28. The maximum atomic E-state index is 5.90. The van der Waals surface area contributed by atoms with Crippen LogP contribution in [0.15, 0.2) is 16.7 Å². The molecule has 5 nitrogen and oxygen atoms in total. The third-order valence-electron chi connectivity index (χ3n) is 3.09. The van der Waals surface area contributed by atoms with Crippen LogP contribution in [-0.4, -0.2) is 27.7 Å². The lowest BCUT2D eigenvalue weighted by molar-refractivity contribution is 0.118. The number of fused-ring (bicyclic) bond motifs is 1. The van der Waals surface area contributed by atoms with Crippen molar-refractivity contribution in [3.63, 3.8) is 0 Å². The Kier molecular flexibility index (Phi) is 3.22. The highest BCUT2D eigenvalue weighted by Crippen LogP contribution is 2.28. The number of nitrogen functional groups attached to an aromatic ring is 1. The fraction of sp³-hybridized carbons (Fsp3) is 0.500. The minimum atomic E-state index is 0.491. The van der Waals surface area contributed by atoms with Crippen LogP contribution in [-0.2, 0) is 11.3 Å². The fourth-order valence-corrected chi connectivity index (χ4v) is 2.23. The van der Waals surface area contributed by atoms with Gasteiger partial charge in [-0.2, -0.15) is 0 Å². The Labute approximate surface area is 113 Å². The number of anilines is 1. The molecule has 2 aromatic rings. The van der Waals surface area contributed by atoms with Gasteiger partial charge in [0.15, 0.2) is 5.65 Å². The molecule has 0 saturated heterocycles. The number of hydrogen-bond acceptors (Lipinski definition) is 4. The van der Waals surface area contributed by atoms with Crippen molar-refractivity contribution in [2.75, 3.05) is 18.9 Å². The summed E-state index contributed by atoms with van der Waals surface area (Å²) in [6.45, 7) is 2.22. The van der Waals surface area contributed by atoms with E-state index in [9.17, 15) is 0 Å². The summed E-state index contributed by atoms with van der Waals surface area (Å²) < 4.78 is 8.42. The Balaban J connectivity index is 1.71. The number of rotatable bonds is 5. The van der Waals surface area contributed by atoms with Gasteiger partial charge in [0.2, 0.25) is 5.95 Å². The quantitative estimate of drug-likeness (QED) is 0.860. The summed E-state index contributed by atoms with van der Waals surface area (Å²) in [5, 5.41) is 0. The van der Waals surface area contributed by atoms with Crippen molar-refractivity contribution >= 4 is 33.0 Å². The maximum absolute atomic E-state index is 5.90. The lowest BCUT2D eigenvalue weighted by Crippen LogP contribution is -2.10. The highest BCUT2D eigenvalue weighted by Gasteiger charge is 2.21. The molecule has 0 bridgehead atoms. The molecule has 0 radical (unpaired) electrons. The van der Waals surface area contributed by atoms with Crippen molar-refractivity contribution in [3.05, 3.63) is 16.7 Å². The molecule has 2 heterocycles. The number of imidazole rings is 1. The standard InChI is InChI=1S/C12H15BrN4O/c13-9-5-10-11(15-6-9)17(12(14)16-10)3-4-18-7-8-1-2-8/h5-6,8H,1-4,7H2,(H2,14,16). The summed E-state index contributed by atoms with van der Waals surface area (Å²) in [7, 11) is 0. The Morgan fingerprint density at radius 2 is 2.33 bits per heavy atom. The van der Waals surface area contributed by atoms with Gasteiger partial charge in [0.25, 0.3) is 0 Å². The second-order valence-electron chi connectivity index (χ2n) is 4.64. The van der Waals surface area contributed by atoms with E-state index in [2.05, 4.69) is 25.9 Å². The first-order valence-electron chi connectivity index (χ1n) is 6.09. The molecule has 0 spiro atoms. The predicted molar refractivity (Wildman–Crippen MR) is 73.2 cm³/mol. The van der Waals surface area contributed by atoms with Crippen molar-refractivity contribution in [3.8, 4) is 0 Å². The number of pyridine rings is 1. The van der Waals surface area contributed by atoms with E-state index in [4.69, 9.17) is 10.5 Å². The molecular formula is C12H15BrN4O. The van der Waals surface area contributed by atoms with E-state index < -0.39 is 0 Å². The highest BCUT2D eigenvalue weighted by atomic mass is 79.9. The van der Waals surface area contributed by atoms with Crippen LogP contribution in [0.5, 0.6) is 0 Å². The molecule has 18 heavy (non-hydrogen) atoms. The largest absolute Gasteiger partial charge is 0.379 e. The van der Waals surface area contributed by atoms with Crippen LogP contribution in [0.2, 0.25) is 0 Å². The van der Waals surface area contributed by atoms with Crippen molar-refractivity contribution in [2.45, 2.75) is 19.4 Å². The van der Waals surface area contributed by atoms with Gasteiger partial charge in [-0.3, -0.25) is 4.57 Å². The summed E-state index contributed by atoms with van der Waals surface area (Å²) in [6.07, 6.45) is 4.38. The van der Waals surface area contributed by atoms with Crippen LogP contribution < -0.4 is 5.73 Å². The van der Waals surface area contributed by atoms with Crippen LogP contribution in [0, 0.1) is 5.92 Å². The van der Waals surface area contributed by atoms with E-state index in [1.165, 1.54) is 12.8 Å². The van der Waals surface area contributed by atoms with E-state index in [1.807, 2.05) is 10.6 Å². The van der Waals surface area contributed by atoms with Crippen LogP contribution in [0.1, 0.15) is 12.8 Å². The Morgan fingerprint density at radius 1 is 1.50 bits per heavy atom. The first-order chi connectivity index (χ1) is 8.74. The van der Waals surface area contributed by atoms with Gasteiger partial charge in [0, 0.05) is 17.3 Å². The molecule has 0 atom stereocenters. The summed E-state index contributed by atoms with van der Waals surface area (Å²) in [4.78, 5) is 8.64. The first-order valence-corrected chi connectivity index (χ1v) is 6.88. The van der Waals surface area contributed by atoms with E-state index in [-0.39, 0.29) is 0 Å². The van der Waals surface area contributed by atoms with Gasteiger partial charge in [-0.25, -0.2) is 9.97 Å². The zero-order valence-corrected chi connectivity index (χ0v) is 11.6. The Morgan fingerprint density at radius 3 is 3.11 bits per heavy atom. The molecule has 0 aromatic carbocycles. The molecule has 1 aliphatic carbocycles. The lowest BCUT2D eigenvalue weighted by atomic mass is 10.4. The third-order valence-corrected chi connectivity index (χ3v) is 3.52. The average Bonchev–Trinajstić information content (AvgIpc) is 3.10. The normalized spacial score (nSPS) is 15.4. The van der Waals surface area contributed by atoms with Gasteiger partial charge in [-0.15, -0.1) is 0 Å². The molecule has 96 valence electrons. The number of ether oxygens (including phenoxy) is 1. The molecule has 0 unspecified atom stereocenters. The zero-order chi connectivity index (χ0) is 12.5. The SMILES string of the molecule is Nc1nc2cc(Br)cnc2n1CCOCC1CC1. The topological polar surface area (TPSA) is 66.0 Å². The molecule has 2 N–H and O–H groups in total. The van der Waals surface area contributed by atoms with E-state index in [1.54, 1.807) is 6.20 Å². The molecule has 1 fully saturated rings. The van der Waals surface area contributed by atoms with Gasteiger partial charge in [0.05, 0.1) is 13.2 Å². The maximum Gasteiger partial charge on any atom is 0.202 e. The van der Waals surface area contributed by atoms with Gasteiger partial charge < -0.3 is 10.5 Å². The monoisotopic (exact) mass is 310 g/mol. The van der Waals surface area contributed by atoms with Crippen LogP contribution >= 0.6 is 15.9 Å². The third kappa shape index (κ3) is 2.49. The highest BCUT2D eigenvalue weighted by molar-refractivity contribution is 9.10. The number of nitrogens with two attached hydrogens (primary N) is 1. The number of halogens is 1. The smallest absolute Gasteiger partial charge is 0.202 e. The van der Waals surface area contributed by atoms with Crippen LogP contribution in [0.25, 0.3) is 11.2 Å². The Bertz CT molecular complexity index is 564. The minimum absolute atomic E-state index is 0.491. The molecule has 0 aliphatic heterocycles. The molecule has 1 aliphatic rings. The predicted octanol–water partition coefficient (Wildman–Crippen LogP) is 2.20. The molecule has 0 amide bonds. The summed E-state index contributed by atoms with van der Waals surface area (Å²) in [6, 6.07) is 1.92. The average molecular weight is 311 g/mol. The van der Waals surface area contributed by atoms with Crippen molar-refractivity contribution < 1.29 is 4.74 Å². The Hall–Kier alpha value is -1.14. The second kappa shape index (κ2) is 4.85. The fourth-order valence-electron chi connectivity index (χ4n) is 1.91. The van der Waals surface area contributed by atoms with Crippen LogP contribution in [0.4, 0.5) is 5.95 Å². The molecular weight excluding hydrogens is 296 g/mol. The van der Waals surface area contributed by atoms with Crippen molar-refractivity contribution in [1.29, 1.82) is 0 Å². The number of hydrogen-bond donors (Lipinski definition) is 1.